The summed E-state index contributed by atoms with van der Waals surface area (Å²) in [4.78, 5) is 10.4. The SMILES string of the molecule is CC(C)CCCCCCCCCCCCCCCC/C=C/CC/C=C/CCCC(=O)O. The van der Waals surface area contributed by atoms with Crippen LogP contribution in [0.1, 0.15) is 149 Å². The summed E-state index contributed by atoms with van der Waals surface area (Å²) in [6.45, 7) is 4.66. The van der Waals surface area contributed by atoms with E-state index in [-0.39, 0.29) is 6.42 Å². The Morgan fingerprint density at radius 2 is 0.903 bits per heavy atom. The van der Waals surface area contributed by atoms with Gasteiger partial charge in [-0.2, -0.15) is 0 Å². The van der Waals surface area contributed by atoms with Crippen LogP contribution in [-0.4, -0.2) is 11.1 Å². The summed E-state index contributed by atoms with van der Waals surface area (Å²) in [6.07, 6.45) is 35.7. The number of allylic oxidation sites excluding steroid dienone is 4. The van der Waals surface area contributed by atoms with Crippen molar-refractivity contribution in [2.45, 2.75) is 149 Å². The number of hydrogen-bond donors (Lipinski definition) is 1. The molecule has 0 radical (unpaired) electrons. The lowest BCUT2D eigenvalue weighted by atomic mass is 10.0. The Morgan fingerprint density at radius 3 is 1.32 bits per heavy atom. The number of carboxylic acids is 1. The van der Waals surface area contributed by atoms with Crippen LogP contribution < -0.4 is 0 Å². The molecule has 0 aromatic rings. The molecule has 0 amide bonds. The molecule has 0 rings (SSSR count). The minimum Gasteiger partial charge on any atom is -0.481 e. The molecular weight excluding hydrogens is 380 g/mol. The van der Waals surface area contributed by atoms with Gasteiger partial charge in [0.1, 0.15) is 0 Å². The molecule has 1 N–H and O–H groups in total. The zero-order valence-electron chi connectivity index (χ0n) is 21.1. The standard InChI is InChI=1S/C29H54O2/c1-28(2)26-24-22-20-18-16-14-12-10-8-6-4-3-5-7-9-11-13-15-17-19-21-23-25-27-29(30)31/h11,13,19,21,28H,3-10,12,14-18,20,22-27H2,1-2H3,(H,30,31)/b13-11+,21-19+. The summed E-state index contributed by atoms with van der Waals surface area (Å²) in [5.74, 6) is 0.186. The third-order valence-corrected chi connectivity index (χ3v) is 6.00. The molecule has 0 fully saturated rings. The molecule has 0 spiro atoms. The van der Waals surface area contributed by atoms with Crippen molar-refractivity contribution in [3.8, 4) is 0 Å². The van der Waals surface area contributed by atoms with Gasteiger partial charge in [0.05, 0.1) is 0 Å². The maximum atomic E-state index is 10.4. The fraction of sp³-hybridized carbons (Fsp3) is 0.828. The quantitative estimate of drug-likeness (QED) is 0.121. The fourth-order valence-corrected chi connectivity index (χ4v) is 3.97. The van der Waals surface area contributed by atoms with Crippen molar-refractivity contribution in [2.24, 2.45) is 5.92 Å². The maximum Gasteiger partial charge on any atom is 0.303 e. The number of hydrogen-bond acceptors (Lipinski definition) is 1. The first-order valence-electron chi connectivity index (χ1n) is 13.6. The molecule has 0 aromatic carbocycles. The van der Waals surface area contributed by atoms with Gasteiger partial charge in [0.25, 0.3) is 0 Å². The monoisotopic (exact) mass is 434 g/mol. The molecule has 2 heteroatoms. The molecule has 0 unspecified atom stereocenters. The van der Waals surface area contributed by atoms with Gasteiger partial charge in [-0.15, -0.1) is 0 Å². The fourth-order valence-electron chi connectivity index (χ4n) is 3.97. The first-order valence-corrected chi connectivity index (χ1v) is 13.6. The minimum absolute atomic E-state index is 0.281. The van der Waals surface area contributed by atoms with Crippen molar-refractivity contribution in [1.29, 1.82) is 0 Å². The van der Waals surface area contributed by atoms with Gasteiger partial charge >= 0.3 is 5.97 Å². The number of rotatable bonds is 24. The molecule has 0 heterocycles. The van der Waals surface area contributed by atoms with E-state index in [1.165, 1.54) is 103 Å². The largest absolute Gasteiger partial charge is 0.481 e. The summed E-state index contributed by atoms with van der Waals surface area (Å²) in [5.41, 5.74) is 0. The average Bonchev–Trinajstić information content (AvgIpc) is 2.73. The van der Waals surface area contributed by atoms with Crippen LogP contribution >= 0.6 is 0 Å². The lowest BCUT2D eigenvalue weighted by Crippen LogP contribution is -1.92. The Bertz CT molecular complexity index is 422. The summed E-state index contributed by atoms with van der Waals surface area (Å²) in [5, 5.41) is 8.57. The molecule has 0 saturated carbocycles. The molecular formula is C29H54O2. The number of unbranched alkanes of at least 4 members (excludes halogenated alkanes) is 16. The van der Waals surface area contributed by atoms with Gasteiger partial charge in [0.15, 0.2) is 0 Å². The molecule has 182 valence electrons. The molecule has 0 aliphatic heterocycles. The Kier molecular flexibility index (Phi) is 24.4. The molecule has 0 aromatic heterocycles. The van der Waals surface area contributed by atoms with E-state index in [1.54, 1.807) is 0 Å². The molecule has 0 aliphatic rings. The second-order valence-electron chi connectivity index (χ2n) is 9.73. The third kappa shape index (κ3) is 28.9. The van der Waals surface area contributed by atoms with Crippen LogP contribution in [0.2, 0.25) is 0 Å². The van der Waals surface area contributed by atoms with Crippen molar-refractivity contribution in [2.75, 3.05) is 0 Å². The van der Waals surface area contributed by atoms with Crippen LogP contribution in [0.4, 0.5) is 0 Å². The van der Waals surface area contributed by atoms with Gasteiger partial charge in [-0.05, 0) is 44.4 Å². The van der Waals surface area contributed by atoms with E-state index in [0.717, 1.165) is 31.6 Å². The highest BCUT2D eigenvalue weighted by molar-refractivity contribution is 5.66. The predicted molar refractivity (Wildman–Crippen MR) is 138 cm³/mol. The van der Waals surface area contributed by atoms with Crippen LogP contribution in [0.3, 0.4) is 0 Å². The van der Waals surface area contributed by atoms with Crippen LogP contribution in [0.5, 0.6) is 0 Å². The zero-order chi connectivity index (χ0) is 22.8. The molecule has 0 bridgehead atoms. The third-order valence-electron chi connectivity index (χ3n) is 6.00. The smallest absolute Gasteiger partial charge is 0.303 e. The van der Waals surface area contributed by atoms with Crippen LogP contribution in [-0.2, 0) is 4.79 Å². The number of carbonyl (C=O) groups is 1. The van der Waals surface area contributed by atoms with E-state index in [0.29, 0.717) is 0 Å². The van der Waals surface area contributed by atoms with Crippen molar-refractivity contribution in [3.63, 3.8) is 0 Å². The van der Waals surface area contributed by atoms with Gasteiger partial charge in [-0.3, -0.25) is 4.79 Å². The van der Waals surface area contributed by atoms with Crippen molar-refractivity contribution in [1.82, 2.24) is 0 Å². The lowest BCUT2D eigenvalue weighted by molar-refractivity contribution is -0.137. The summed E-state index contributed by atoms with van der Waals surface area (Å²) in [7, 11) is 0. The highest BCUT2D eigenvalue weighted by Crippen LogP contribution is 2.15. The van der Waals surface area contributed by atoms with Gasteiger partial charge < -0.3 is 5.11 Å². The topological polar surface area (TPSA) is 37.3 Å². The molecule has 0 saturated heterocycles. The number of aliphatic carboxylic acids is 1. The maximum absolute atomic E-state index is 10.4. The molecule has 0 atom stereocenters. The van der Waals surface area contributed by atoms with Crippen molar-refractivity contribution >= 4 is 5.97 Å². The minimum atomic E-state index is -0.694. The Hall–Kier alpha value is -1.05. The number of carboxylic acid groups (broad SMARTS) is 1. The lowest BCUT2D eigenvalue weighted by Gasteiger charge is -2.05. The summed E-state index contributed by atoms with van der Waals surface area (Å²) < 4.78 is 0. The van der Waals surface area contributed by atoms with Crippen molar-refractivity contribution in [3.05, 3.63) is 24.3 Å². The molecule has 0 aliphatic carbocycles. The van der Waals surface area contributed by atoms with Crippen LogP contribution in [0, 0.1) is 5.92 Å². The molecule has 31 heavy (non-hydrogen) atoms. The first-order chi connectivity index (χ1) is 15.1. The van der Waals surface area contributed by atoms with Gasteiger partial charge in [-0.25, -0.2) is 0 Å². The molecule has 2 nitrogen and oxygen atoms in total. The van der Waals surface area contributed by atoms with E-state index < -0.39 is 5.97 Å². The second-order valence-corrected chi connectivity index (χ2v) is 9.73. The Morgan fingerprint density at radius 1 is 0.548 bits per heavy atom. The average molecular weight is 435 g/mol. The second kappa shape index (κ2) is 25.2. The van der Waals surface area contributed by atoms with Crippen LogP contribution in [0.25, 0.3) is 0 Å². The first kappa shape index (κ1) is 29.9. The highest BCUT2D eigenvalue weighted by Gasteiger charge is 1.96. The Balaban J connectivity index is 3.14. The predicted octanol–water partition coefficient (Wildman–Crippen LogP) is 10.0. The van der Waals surface area contributed by atoms with E-state index in [2.05, 4.69) is 38.2 Å². The van der Waals surface area contributed by atoms with Crippen LogP contribution in [0.15, 0.2) is 24.3 Å². The Labute approximate surface area is 195 Å². The summed E-state index contributed by atoms with van der Waals surface area (Å²) >= 11 is 0. The van der Waals surface area contributed by atoms with Gasteiger partial charge in [0, 0.05) is 6.42 Å². The zero-order valence-corrected chi connectivity index (χ0v) is 21.1. The van der Waals surface area contributed by atoms with E-state index in [1.807, 2.05) is 0 Å². The van der Waals surface area contributed by atoms with Gasteiger partial charge in [-0.1, -0.05) is 128 Å². The normalized spacial score (nSPS) is 12.0. The highest BCUT2D eigenvalue weighted by atomic mass is 16.4. The van der Waals surface area contributed by atoms with Gasteiger partial charge in [0.2, 0.25) is 0 Å². The van der Waals surface area contributed by atoms with E-state index in [4.69, 9.17) is 5.11 Å². The van der Waals surface area contributed by atoms with E-state index >= 15 is 0 Å². The van der Waals surface area contributed by atoms with E-state index in [9.17, 15) is 4.79 Å². The van der Waals surface area contributed by atoms with Crippen molar-refractivity contribution < 1.29 is 9.90 Å². The summed E-state index contributed by atoms with van der Waals surface area (Å²) in [6, 6.07) is 0.